The molecular formula is C30H30N2O2. The molecule has 1 amide bonds. The van der Waals surface area contributed by atoms with Crippen LogP contribution in [0, 0.1) is 6.92 Å². The third-order valence-corrected chi connectivity index (χ3v) is 6.03. The van der Waals surface area contributed by atoms with Gasteiger partial charge in [-0.05, 0) is 78.4 Å². The lowest BCUT2D eigenvalue weighted by molar-refractivity contribution is 0.102. The molecule has 0 aromatic heterocycles. The molecule has 4 aromatic rings. The van der Waals surface area contributed by atoms with E-state index in [1.807, 2.05) is 60.7 Å². The number of aromatic hydroxyl groups is 1. The molecule has 2 N–H and O–H groups in total. The molecule has 4 nitrogen and oxygen atoms in total. The highest BCUT2D eigenvalue weighted by Gasteiger charge is 2.10. The number of rotatable bonds is 8. The van der Waals surface area contributed by atoms with Crippen LogP contribution in [0.4, 0.5) is 11.4 Å². The number of hydrogen-bond acceptors (Lipinski definition) is 3. The van der Waals surface area contributed by atoms with Gasteiger partial charge in [0.15, 0.2) is 0 Å². The van der Waals surface area contributed by atoms with Gasteiger partial charge in [0.1, 0.15) is 5.75 Å². The number of phenols is 1. The van der Waals surface area contributed by atoms with Crippen LogP contribution < -0.4 is 10.2 Å². The highest BCUT2D eigenvalue weighted by atomic mass is 16.3. The molecule has 0 atom stereocenters. The lowest BCUT2D eigenvalue weighted by atomic mass is 10.0. The van der Waals surface area contributed by atoms with Crippen molar-refractivity contribution in [2.45, 2.75) is 19.8 Å². The van der Waals surface area contributed by atoms with Gasteiger partial charge >= 0.3 is 0 Å². The van der Waals surface area contributed by atoms with Gasteiger partial charge in [-0.15, -0.1) is 0 Å². The topological polar surface area (TPSA) is 52.6 Å². The van der Waals surface area contributed by atoms with Crippen molar-refractivity contribution in [2.24, 2.45) is 0 Å². The third kappa shape index (κ3) is 5.84. The second-order valence-electron chi connectivity index (χ2n) is 8.59. The highest BCUT2D eigenvalue weighted by Crippen LogP contribution is 2.25. The Morgan fingerprint density at radius 1 is 0.853 bits per heavy atom. The number of carbonyl (C=O) groups excluding carboxylic acids is 1. The molecule has 172 valence electrons. The van der Waals surface area contributed by atoms with Crippen LogP contribution in [0.2, 0.25) is 0 Å². The molecule has 0 unspecified atom stereocenters. The summed E-state index contributed by atoms with van der Waals surface area (Å²) in [6, 6.07) is 31.1. The number of amides is 1. The number of anilines is 2. The van der Waals surface area contributed by atoms with Crippen molar-refractivity contribution >= 4 is 17.3 Å². The van der Waals surface area contributed by atoms with Crippen molar-refractivity contribution in [2.75, 3.05) is 23.8 Å². The van der Waals surface area contributed by atoms with E-state index in [1.54, 1.807) is 12.1 Å². The maximum atomic E-state index is 12.8. The molecule has 0 aliphatic carbocycles. The van der Waals surface area contributed by atoms with Crippen molar-refractivity contribution in [3.63, 3.8) is 0 Å². The largest absolute Gasteiger partial charge is 0.508 e. The van der Waals surface area contributed by atoms with Crippen LogP contribution in [0.3, 0.4) is 0 Å². The Bertz CT molecular complexity index is 1230. The van der Waals surface area contributed by atoms with Gasteiger partial charge in [-0.1, -0.05) is 60.7 Å². The van der Waals surface area contributed by atoms with Gasteiger partial charge in [0.2, 0.25) is 0 Å². The van der Waals surface area contributed by atoms with Crippen LogP contribution in [0.15, 0.2) is 97.1 Å². The first-order chi connectivity index (χ1) is 16.5. The Morgan fingerprint density at radius 3 is 2.18 bits per heavy atom. The van der Waals surface area contributed by atoms with Gasteiger partial charge in [-0.25, -0.2) is 0 Å². The van der Waals surface area contributed by atoms with E-state index < -0.39 is 0 Å². The van der Waals surface area contributed by atoms with Gasteiger partial charge in [-0.3, -0.25) is 4.79 Å². The van der Waals surface area contributed by atoms with Crippen LogP contribution in [0.1, 0.15) is 27.9 Å². The van der Waals surface area contributed by atoms with Gasteiger partial charge < -0.3 is 15.3 Å². The zero-order chi connectivity index (χ0) is 23.9. The van der Waals surface area contributed by atoms with Crippen LogP contribution in [0.25, 0.3) is 11.1 Å². The molecule has 0 spiro atoms. The summed E-state index contributed by atoms with van der Waals surface area (Å²) in [6.07, 6.45) is 2.10. The Balaban J connectivity index is 1.39. The zero-order valence-corrected chi connectivity index (χ0v) is 19.7. The fourth-order valence-corrected chi connectivity index (χ4v) is 4.06. The van der Waals surface area contributed by atoms with Gasteiger partial charge in [-0.2, -0.15) is 0 Å². The predicted molar refractivity (Wildman–Crippen MR) is 141 cm³/mol. The first-order valence-electron chi connectivity index (χ1n) is 11.6. The molecule has 34 heavy (non-hydrogen) atoms. The van der Waals surface area contributed by atoms with Crippen molar-refractivity contribution in [1.82, 2.24) is 0 Å². The standard InChI is InChI=1S/C30H30N2O2/c1-22-10-17-27(21-29(22)32(2)20-6-9-23-7-4-3-5-8-23)31-30(34)26-13-11-24(12-14-26)25-15-18-28(33)19-16-25/h3-5,7-8,10-19,21,33H,6,9,20H2,1-2H3,(H,31,34). The fraction of sp³-hybridized carbons (Fsp3) is 0.167. The molecule has 0 saturated carbocycles. The maximum Gasteiger partial charge on any atom is 0.255 e. The molecular weight excluding hydrogens is 420 g/mol. The number of aryl methyl sites for hydroxylation is 2. The van der Waals surface area contributed by atoms with Crippen molar-refractivity contribution in [3.05, 3.63) is 114 Å². The first kappa shape index (κ1) is 23.1. The van der Waals surface area contributed by atoms with Crippen molar-refractivity contribution in [3.8, 4) is 16.9 Å². The summed E-state index contributed by atoms with van der Waals surface area (Å²) in [7, 11) is 2.10. The van der Waals surface area contributed by atoms with Gasteiger partial charge in [0.25, 0.3) is 5.91 Å². The SMILES string of the molecule is Cc1ccc(NC(=O)c2ccc(-c3ccc(O)cc3)cc2)cc1N(C)CCCc1ccccc1. The van der Waals surface area contributed by atoms with Crippen LogP contribution in [-0.4, -0.2) is 24.6 Å². The average molecular weight is 451 g/mol. The minimum absolute atomic E-state index is 0.140. The molecule has 4 rings (SSSR count). The molecule has 0 radical (unpaired) electrons. The number of carbonyl (C=O) groups is 1. The van der Waals surface area contributed by atoms with E-state index >= 15 is 0 Å². The molecule has 0 heterocycles. The van der Waals surface area contributed by atoms with E-state index in [4.69, 9.17) is 0 Å². The summed E-state index contributed by atoms with van der Waals surface area (Å²) in [6.45, 7) is 3.03. The summed E-state index contributed by atoms with van der Waals surface area (Å²) >= 11 is 0. The lowest BCUT2D eigenvalue weighted by Gasteiger charge is -2.22. The Kier molecular flexibility index (Phi) is 7.28. The minimum Gasteiger partial charge on any atom is -0.508 e. The molecule has 4 aromatic carbocycles. The van der Waals surface area contributed by atoms with E-state index in [0.29, 0.717) is 5.56 Å². The van der Waals surface area contributed by atoms with Crippen LogP contribution in [-0.2, 0) is 6.42 Å². The summed E-state index contributed by atoms with van der Waals surface area (Å²) < 4.78 is 0. The number of phenolic OH excluding ortho intramolecular Hbond substituents is 1. The van der Waals surface area contributed by atoms with Crippen molar-refractivity contribution in [1.29, 1.82) is 0 Å². The first-order valence-corrected chi connectivity index (χ1v) is 11.6. The predicted octanol–water partition coefficient (Wildman–Crippen LogP) is 6.69. The Hall–Kier alpha value is -4.05. The second-order valence-corrected chi connectivity index (χ2v) is 8.59. The van der Waals surface area contributed by atoms with E-state index in [9.17, 15) is 9.90 Å². The summed E-state index contributed by atoms with van der Waals surface area (Å²) in [4.78, 5) is 15.1. The maximum absolute atomic E-state index is 12.8. The molecule has 0 aliphatic rings. The molecule has 4 heteroatoms. The van der Waals surface area contributed by atoms with E-state index in [1.165, 1.54) is 11.1 Å². The monoisotopic (exact) mass is 450 g/mol. The summed E-state index contributed by atoms with van der Waals surface area (Å²) in [5, 5.41) is 12.5. The molecule has 0 saturated heterocycles. The molecule has 0 bridgehead atoms. The summed E-state index contributed by atoms with van der Waals surface area (Å²) in [5.74, 6) is 0.0952. The molecule has 0 aliphatic heterocycles. The van der Waals surface area contributed by atoms with Crippen molar-refractivity contribution < 1.29 is 9.90 Å². The summed E-state index contributed by atoms with van der Waals surface area (Å²) in [5.41, 5.74) is 7.01. The second kappa shape index (κ2) is 10.7. The number of benzene rings is 4. The highest BCUT2D eigenvalue weighted by molar-refractivity contribution is 6.04. The minimum atomic E-state index is -0.140. The smallest absolute Gasteiger partial charge is 0.255 e. The zero-order valence-electron chi connectivity index (χ0n) is 19.7. The lowest BCUT2D eigenvalue weighted by Crippen LogP contribution is -2.20. The molecule has 0 fully saturated rings. The Morgan fingerprint density at radius 2 is 1.50 bits per heavy atom. The average Bonchev–Trinajstić information content (AvgIpc) is 2.86. The third-order valence-electron chi connectivity index (χ3n) is 6.03. The quantitative estimate of drug-likeness (QED) is 0.314. The fourth-order valence-electron chi connectivity index (χ4n) is 4.06. The number of nitrogens with one attached hydrogen (secondary N) is 1. The van der Waals surface area contributed by atoms with Gasteiger partial charge in [0.05, 0.1) is 0 Å². The van der Waals surface area contributed by atoms with Crippen LogP contribution in [0.5, 0.6) is 5.75 Å². The number of hydrogen-bond donors (Lipinski definition) is 2. The van der Waals surface area contributed by atoms with E-state index in [0.717, 1.165) is 41.9 Å². The van der Waals surface area contributed by atoms with Gasteiger partial charge in [0, 0.05) is 30.5 Å². The van der Waals surface area contributed by atoms with Crippen LogP contribution >= 0.6 is 0 Å². The number of nitrogens with zero attached hydrogens (tertiary/aromatic N) is 1. The van der Waals surface area contributed by atoms with E-state index in [-0.39, 0.29) is 11.7 Å². The normalized spacial score (nSPS) is 10.6. The van der Waals surface area contributed by atoms with E-state index in [2.05, 4.69) is 48.5 Å². The Labute approximate surface area is 201 Å².